The molecule has 1 aliphatic carbocycles. The van der Waals surface area contributed by atoms with Crippen molar-refractivity contribution in [3.63, 3.8) is 0 Å². The molecule has 13 heteroatoms. The molecule has 1 N–H and O–H groups in total. The molecule has 1 amide bonds. The molecule has 4 rings (SSSR count). The van der Waals surface area contributed by atoms with Crippen LogP contribution in [0.2, 0.25) is 0 Å². The van der Waals surface area contributed by atoms with Gasteiger partial charge in [0.05, 0.1) is 12.1 Å². The summed E-state index contributed by atoms with van der Waals surface area (Å²) < 4.78 is 95.3. The number of hydrogen-bond donors (Lipinski definition) is 1. The number of anilines is 1. The van der Waals surface area contributed by atoms with Gasteiger partial charge in [0.1, 0.15) is 0 Å². The predicted octanol–water partition coefficient (Wildman–Crippen LogP) is 4.61. The van der Waals surface area contributed by atoms with Crippen LogP contribution >= 0.6 is 0 Å². The van der Waals surface area contributed by atoms with Gasteiger partial charge in [-0.25, -0.2) is 17.6 Å². The molecule has 1 aromatic carbocycles. The first-order chi connectivity index (χ1) is 15.5. The second-order valence-electron chi connectivity index (χ2n) is 7.59. The van der Waals surface area contributed by atoms with E-state index in [9.17, 15) is 35.5 Å². The van der Waals surface area contributed by atoms with Crippen LogP contribution in [-0.2, 0) is 24.1 Å². The average Bonchev–Trinajstić information content (AvgIpc) is 3.33. The van der Waals surface area contributed by atoms with Crippen molar-refractivity contribution in [3.8, 4) is 0 Å². The number of carbonyl (C=O) groups is 1. The smallest absolute Gasteiger partial charge is 0.309 e. The van der Waals surface area contributed by atoms with Gasteiger partial charge in [0.2, 0.25) is 5.91 Å². The molecule has 1 aliphatic rings. The number of carbonyl (C=O) groups excluding carboxylic acids is 1. The third-order valence-electron chi connectivity index (χ3n) is 5.08. The van der Waals surface area contributed by atoms with Crippen molar-refractivity contribution in [2.75, 3.05) is 5.32 Å². The fourth-order valence-electron chi connectivity index (χ4n) is 3.31. The van der Waals surface area contributed by atoms with E-state index in [1.165, 1.54) is 16.9 Å². The van der Waals surface area contributed by atoms with Crippen molar-refractivity contribution >= 4 is 11.7 Å². The highest BCUT2D eigenvalue weighted by Crippen LogP contribution is 2.42. The zero-order valence-corrected chi connectivity index (χ0v) is 16.8. The number of amides is 1. The topological polar surface area (TPSA) is 64.7 Å². The first-order valence-electron chi connectivity index (χ1n) is 9.83. The molecule has 2 heterocycles. The third-order valence-corrected chi connectivity index (χ3v) is 5.08. The number of alkyl halides is 3. The minimum atomic E-state index is -4.59. The number of hydrogen-bond acceptors (Lipinski definition) is 3. The Morgan fingerprint density at radius 2 is 1.73 bits per heavy atom. The highest BCUT2D eigenvalue weighted by molar-refractivity contribution is 5.89. The van der Waals surface area contributed by atoms with Gasteiger partial charge in [-0.3, -0.25) is 14.2 Å². The van der Waals surface area contributed by atoms with Crippen LogP contribution in [0.25, 0.3) is 0 Å². The van der Waals surface area contributed by atoms with Crippen LogP contribution in [0.3, 0.4) is 0 Å². The van der Waals surface area contributed by atoms with Crippen molar-refractivity contribution < 1.29 is 35.5 Å². The van der Waals surface area contributed by atoms with Gasteiger partial charge >= 0.3 is 6.18 Å². The molecule has 0 bridgehead atoms. The number of nitrogens with one attached hydrogen (secondary N) is 1. The number of benzene rings is 1. The average molecular weight is 475 g/mol. The maximum atomic E-state index is 13.8. The molecule has 3 aromatic rings. The Hall–Kier alpha value is -3.38. The first-order valence-corrected chi connectivity index (χ1v) is 9.83. The van der Waals surface area contributed by atoms with Crippen LogP contribution in [0.1, 0.15) is 42.1 Å². The molecule has 1 saturated carbocycles. The van der Waals surface area contributed by atoms with Gasteiger partial charge in [-0.05, 0) is 18.9 Å². The van der Waals surface area contributed by atoms with Gasteiger partial charge < -0.3 is 5.32 Å². The molecular formula is C20H16F7N5O. The Labute approximate surface area is 182 Å². The van der Waals surface area contributed by atoms with Crippen LogP contribution < -0.4 is 5.32 Å². The first kappa shape index (κ1) is 22.8. The molecule has 0 saturated heterocycles. The second kappa shape index (κ2) is 8.52. The fraction of sp³-hybridized carbons (Fsp3) is 0.350. The number of halogens is 7. The predicted molar refractivity (Wildman–Crippen MR) is 100 cm³/mol. The summed E-state index contributed by atoms with van der Waals surface area (Å²) in [5, 5.41) is 9.83. The van der Waals surface area contributed by atoms with Gasteiger partial charge in [0.15, 0.2) is 34.8 Å². The number of aromatic nitrogens is 4. The normalized spacial score (nSPS) is 14.0. The Morgan fingerprint density at radius 1 is 1.06 bits per heavy atom. The summed E-state index contributed by atoms with van der Waals surface area (Å²) in [6.45, 7) is -0.728. The van der Waals surface area contributed by atoms with Crippen molar-refractivity contribution in [2.24, 2.45) is 0 Å². The van der Waals surface area contributed by atoms with Crippen LogP contribution in [0.15, 0.2) is 24.4 Å². The van der Waals surface area contributed by atoms with E-state index >= 15 is 0 Å². The van der Waals surface area contributed by atoms with E-state index in [0.29, 0.717) is 5.69 Å². The van der Waals surface area contributed by atoms with E-state index < -0.39 is 53.2 Å². The monoisotopic (exact) mass is 475 g/mol. The Kier molecular flexibility index (Phi) is 5.89. The Morgan fingerprint density at radius 3 is 2.33 bits per heavy atom. The van der Waals surface area contributed by atoms with Crippen LogP contribution in [0, 0.1) is 23.3 Å². The highest BCUT2D eigenvalue weighted by atomic mass is 19.4. The van der Waals surface area contributed by atoms with E-state index in [1.54, 1.807) is 0 Å². The number of nitrogens with zero attached hydrogens (tertiary/aromatic N) is 4. The lowest BCUT2D eigenvalue weighted by atomic mass is 10.2. The van der Waals surface area contributed by atoms with Crippen molar-refractivity contribution in [1.29, 1.82) is 0 Å². The minimum Gasteiger partial charge on any atom is -0.309 e. The summed E-state index contributed by atoms with van der Waals surface area (Å²) in [5.74, 6) is -6.83. The van der Waals surface area contributed by atoms with Crippen LogP contribution in [-0.4, -0.2) is 25.5 Å². The molecule has 0 radical (unpaired) electrons. The van der Waals surface area contributed by atoms with Crippen LogP contribution in [0.4, 0.5) is 36.6 Å². The van der Waals surface area contributed by atoms with Crippen LogP contribution in [0.5, 0.6) is 0 Å². The molecule has 0 unspecified atom stereocenters. The quantitative estimate of drug-likeness (QED) is 0.401. The number of aryl methyl sites for hydroxylation is 1. The molecule has 0 spiro atoms. The summed E-state index contributed by atoms with van der Waals surface area (Å²) in [5.41, 5.74) is -1.47. The molecular weight excluding hydrogens is 459 g/mol. The second-order valence-corrected chi connectivity index (χ2v) is 7.59. The maximum absolute atomic E-state index is 13.8. The molecule has 1 fully saturated rings. The summed E-state index contributed by atoms with van der Waals surface area (Å²) in [7, 11) is 0. The Bertz CT molecular complexity index is 1170. The van der Waals surface area contributed by atoms with Crippen molar-refractivity contribution in [3.05, 3.63) is 64.6 Å². The lowest BCUT2D eigenvalue weighted by Crippen LogP contribution is -2.17. The van der Waals surface area contributed by atoms with E-state index in [1.807, 2.05) is 0 Å². The maximum Gasteiger partial charge on any atom is 0.435 e. The largest absolute Gasteiger partial charge is 0.435 e. The van der Waals surface area contributed by atoms with E-state index in [0.717, 1.165) is 23.6 Å². The standard InChI is InChI=1S/C20H16F7N5O/c21-12-7-13(22)19(24)11(18(12)23)9-31-5-3-16(30-31)28-17(33)4-6-32-14(10-1-2-10)8-15(29-32)20(25,26)27/h3,5,7-8,10H,1-2,4,6,9H2,(H,28,30,33). The van der Waals surface area contributed by atoms with Crippen molar-refractivity contribution in [1.82, 2.24) is 19.6 Å². The zero-order valence-electron chi connectivity index (χ0n) is 16.8. The molecule has 6 nitrogen and oxygen atoms in total. The van der Waals surface area contributed by atoms with Gasteiger partial charge in [-0.15, -0.1) is 0 Å². The SMILES string of the molecule is O=C(CCn1nc(C(F)(F)F)cc1C1CC1)Nc1ccn(Cc2c(F)c(F)cc(F)c2F)n1. The van der Waals surface area contributed by atoms with E-state index in [4.69, 9.17) is 0 Å². The molecule has 33 heavy (non-hydrogen) atoms. The molecule has 2 aromatic heterocycles. The summed E-state index contributed by atoms with van der Waals surface area (Å²) in [6, 6.07) is 2.37. The van der Waals surface area contributed by atoms with Gasteiger partial charge in [0, 0.05) is 42.9 Å². The Balaban J connectivity index is 1.39. The zero-order chi connectivity index (χ0) is 23.9. The van der Waals surface area contributed by atoms with Gasteiger partial charge in [-0.1, -0.05) is 0 Å². The molecule has 176 valence electrons. The summed E-state index contributed by atoms with van der Waals surface area (Å²) in [4.78, 5) is 12.2. The van der Waals surface area contributed by atoms with Gasteiger partial charge in [0.25, 0.3) is 0 Å². The lowest BCUT2D eigenvalue weighted by molar-refractivity contribution is -0.141. The fourth-order valence-corrected chi connectivity index (χ4v) is 3.31. The van der Waals surface area contributed by atoms with E-state index in [-0.39, 0.29) is 30.8 Å². The summed E-state index contributed by atoms with van der Waals surface area (Å²) in [6.07, 6.45) is -2.06. The molecule has 0 aliphatic heterocycles. The number of rotatable bonds is 7. The van der Waals surface area contributed by atoms with Gasteiger partial charge in [-0.2, -0.15) is 23.4 Å². The molecule has 0 atom stereocenters. The van der Waals surface area contributed by atoms with E-state index in [2.05, 4.69) is 15.5 Å². The lowest BCUT2D eigenvalue weighted by Gasteiger charge is -2.08. The third kappa shape index (κ3) is 5.01. The summed E-state index contributed by atoms with van der Waals surface area (Å²) >= 11 is 0. The highest BCUT2D eigenvalue weighted by Gasteiger charge is 2.37. The van der Waals surface area contributed by atoms with Crippen molar-refractivity contribution in [2.45, 2.75) is 44.4 Å². The minimum absolute atomic E-state index is 0.0131.